The molecule has 2 saturated carbocycles. The maximum absolute atomic E-state index is 13.9. The molecule has 25 heavy (non-hydrogen) atoms. The Kier molecular flexibility index (Phi) is 6.51. The summed E-state index contributed by atoms with van der Waals surface area (Å²) in [4.78, 5) is 0. The number of unbranched alkanes of at least 4 members (excludes halogenated alkanes) is 3. The van der Waals surface area contributed by atoms with Crippen LogP contribution in [0.3, 0.4) is 0 Å². The molecule has 1 nitrogen and oxygen atoms in total. The van der Waals surface area contributed by atoms with Crippen LogP contribution in [0, 0.1) is 34.9 Å². The van der Waals surface area contributed by atoms with Gasteiger partial charge in [0, 0.05) is 0 Å². The first-order chi connectivity index (χ1) is 12.2. The minimum absolute atomic E-state index is 0.168. The number of nitriles is 1. The number of nitrogens with zero attached hydrogens (tertiary/aromatic N) is 1. The Hall–Kier alpha value is -1.36. The van der Waals surface area contributed by atoms with Crippen molar-refractivity contribution in [3.05, 3.63) is 35.1 Å². The first kappa shape index (κ1) is 18.4. The van der Waals surface area contributed by atoms with Crippen molar-refractivity contribution >= 4 is 0 Å². The normalized spacial score (nSPS) is 29.0. The fourth-order valence-corrected chi connectivity index (χ4v) is 5.29. The lowest BCUT2D eigenvalue weighted by molar-refractivity contribution is 0.113. The Labute approximate surface area is 152 Å². The van der Waals surface area contributed by atoms with E-state index >= 15 is 0 Å². The first-order valence-corrected chi connectivity index (χ1v) is 10.4. The summed E-state index contributed by atoms with van der Waals surface area (Å²) in [6.07, 6.45) is 14.9. The molecule has 2 fully saturated rings. The Balaban J connectivity index is 1.52. The van der Waals surface area contributed by atoms with Crippen molar-refractivity contribution in [2.45, 2.75) is 83.5 Å². The Morgan fingerprint density at radius 1 is 1.04 bits per heavy atom. The van der Waals surface area contributed by atoms with Crippen molar-refractivity contribution in [2.24, 2.45) is 17.8 Å². The largest absolute Gasteiger partial charge is 0.206 e. The predicted octanol–water partition coefficient (Wildman–Crippen LogP) is 6.97. The average Bonchev–Trinajstić information content (AvgIpc) is 2.64. The molecule has 0 amide bonds. The van der Waals surface area contributed by atoms with Gasteiger partial charge in [-0.05, 0) is 73.5 Å². The highest BCUT2D eigenvalue weighted by molar-refractivity contribution is 5.35. The topological polar surface area (TPSA) is 23.8 Å². The van der Waals surface area contributed by atoms with Crippen molar-refractivity contribution in [2.75, 3.05) is 0 Å². The summed E-state index contributed by atoms with van der Waals surface area (Å²) in [6.45, 7) is 2.28. The van der Waals surface area contributed by atoms with E-state index < -0.39 is 0 Å². The second-order valence-corrected chi connectivity index (χ2v) is 8.41. The van der Waals surface area contributed by atoms with Crippen LogP contribution in [-0.2, 0) is 0 Å². The molecule has 0 saturated heterocycles. The summed E-state index contributed by atoms with van der Waals surface area (Å²) in [7, 11) is 0. The number of hydrogen-bond donors (Lipinski definition) is 0. The van der Waals surface area contributed by atoms with Gasteiger partial charge in [0.1, 0.15) is 11.9 Å². The molecule has 1 aromatic rings. The maximum atomic E-state index is 13.9. The third-order valence-electron chi connectivity index (χ3n) is 6.77. The lowest BCUT2D eigenvalue weighted by Gasteiger charge is -2.42. The van der Waals surface area contributed by atoms with Crippen LogP contribution in [-0.4, -0.2) is 0 Å². The Morgan fingerprint density at radius 3 is 2.60 bits per heavy atom. The second kappa shape index (κ2) is 8.84. The SMILES string of the molecule is CCCCCCC1CCC2CC(c3ccc(C#N)c(F)c3)CCC2C1. The monoisotopic (exact) mass is 341 g/mol. The van der Waals surface area contributed by atoms with Gasteiger partial charge in [0.05, 0.1) is 5.56 Å². The summed E-state index contributed by atoms with van der Waals surface area (Å²) in [5.74, 6) is 2.85. The van der Waals surface area contributed by atoms with Gasteiger partial charge in [0.15, 0.2) is 0 Å². The number of benzene rings is 1. The van der Waals surface area contributed by atoms with Crippen molar-refractivity contribution in [3.8, 4) is 6.07 Å². The van der Waals surface area contributed by atoms with Crippen molar-refractivity contribution in [1.29, 1.82) is 5.26 Å². The molecule has 0 bridgehead atoms. The molecular weight excluding hydrogens is 309 g/mol. The van der Waals surface area contributed by atoms with E-state index in [9.17, 15) is 4.39 Å². The van der Waals surface area contributed by atoms with E-state index in [0.717, 1.165) is 23.3 Å². The zero-order valence-corrected chi connectivity index (χ0v) is 15.6. The van der Waals surface area contributed by atoms with Crippen LogP contribution in [0.15, 0.2) is 18.2 Å². The van der Waals surface area contributed by atoms with Crippen molar-refractivity contribution < 1.29 is 4.39 Å². The lowest BCUT2D eigenvalue weighted by Crippen LogP contribution is -2.30. The number of rotatable bonds is 6. The van der Waals surface area contributed by atoms with Gasteiger partial charge in [-0.15, -0.1) is 0 Å². The molecule has 1 aromatic carbocycles. The molecular formula is C23H32FN. The third-order valence-corrected chi connectivity index (χ3v) is 6.77. The van der Waals surface area contributed by atoms with Crippen LogP contribution in [0.2, 0.25) is 0 Å². The Bertz CT molecular complexity index is 603. The molecule has 0 spiro atoms. The van der Waals surface area contributed by atoms with Crippen LogP contribution in [0.5, 0.6) is 0 Å². The number of halogens is 1. The third kappa shape index (κ3) is 4.63. The second-order valence-electron chi connectivity index (χ2n) is 8.41. The number of hydrogen-bond acceptors (Lipinski definition) is 1. The highest BCUT2D eigenvalue weighted by atomic mass is 19.1. The molecule has 2 aliphatic carbocycles. The van der Waals surface area contributed by atoms with Gasteiger partial charge >= 0.3 is 0 Å². The van der Waals surface area contributed by atoms with Gasteiger partial charge in [-0.3, -0.25) is 0 Å². The summed E-state index contributed by atoms with van der Waals surface area (Å²) < 4.78 is 13.9. The molecule has 0 heterocycles. The predicted molar refractivity (Wildman–Crippen MR) is 101 cm³/mol. The van der Waals surface area contributed by atoms with Crippen molar-refractivity contribution in [3.63, 3.8) is 0 Å². The minimum Gasteiger partial charge on any atom is -0.206 e. The van der Waals surface area contributed by atoms with E-state index in [1.807, 2.05) is 12.1 Å². The molecule has 2 heteroatoms. The zero-order valence-electron chi connectivity index (χ0n) is 15.6. The quantitative estimate of drug-likeness (QED) is 0.513. The standard InChI is InChI=1S/C23H32FN/c1-2-3-4-5-6-17-7-8-19-14-20(10-9-18(19)13-17)21-11-12-22(16-25)23(24)15-21/h11-12,15,17-20H,2-10,13-14H2,1H3. The average molecular weight is 342 g/mol. The van der Waals surface area contributed by atoms with Crippen molar-refractivity contribution in [1.82, 2.24) is 0 Å². The van der Waals surface area contributed by atoms with Gasteiger partial charge in [0.2, 0.25) is 0 Å². The van der Waals surface area contributed by atoms with E-state index in [1.165, 1.54) is 70.6 Å². The molecule has 2 aliphatic rings. The van der Waals surface area contributed by atoms with Gasteiger partial charge in [0.25, 0.3) is 0 Å². The zero-order chi connectivity index (χ0) is 17.6. The minimum atomic E-state index is -0.349. The fourth-order valence-electron chi connectivity index (χ4n) is 5.29. The highest BCUT2D eigenvalue weighted by Crippen LogP contribution is 2.48. The molecule has 4 unspecified atom stereocenters. The van der Waals surface area contributed by atoms with Gasteiger partial charge in [-0.2, -0.15) is 5.26 Å². The summed E-state index contributed by atoms with van der Waals surface area (Å²) in [5.41, 5.74) is 1.28. The van der Waals surface area contributed by atoms with E-state index in [0.29, 0.717) is 5.92 Å². The van der Waals surface area contributed by atoms with Crippen LogP contribution < -0.4 is 0 Å². The molecule has 4 atom stereocenters. The molecule has 0 N–H and O–H groups in total. The maximum Gasteiger partial charge on any atom is 0.141 e. The van der Waals surface area contributed by atoms with E-state index in [2.05, 4.69) is 6.92 Å². The van der Waals surface area contributed by atoms with Crippen LogP contribution in [0.1, 0.15) is 94.6 Å². The fraction of sp³-hybridized carbons (Fsp3) is 0.696. The summed E-state index contributed by atoms with van der Waals surface area (Å²) >= 11 is 0. The highest BCUT2D eigenvalue weighted by Gasteiger charge is 2.35. The van der Waals surface area contributed by atoms with E-state index in [1.54, 1.807) is 12.1 Å². The summed E-state index contributed by atoms with van der Waals surface area (Å²) in [5, 5.41) is 8.90. The Morgan fingerprint density at radius 2 is 1.84 bits per heavy atom. The van der Waals surface area contributed by atoms with Crippen LogP contribution >= 0.6 is 0 Å². The van der Waals surface area contributed by atoms with Gasteiger partial charge in [-0.1, -0.05) is 51.5 Å². The van der Waals surface area contributed by atoms with E-state index in [4.69, 9.17) is 5.26 Å². The molecule has 0 aliphatic heterocycles. The summed E-state index contributed by atoms with van der Waals surface area (Å²) in [6, 6.07) is 7.17. The van der Waals surface area contributed by atoms with Gasteiger partial charge < -0.3 is 0 Å². The molecule has 3 rings (SSSR count). The molecule has 0 radical (unpaired) electrons. The molecule has 0 aromatic heterocycles. The number of fused-ring (bicyclic) bond motifs is 1. The van der Waals surface area contributed by atoms with Crippen LogP contribution in [0.25, 0.3) is 0 Å². The van der Waals surface area contributed by atoms with Crippen LogP contribution in [0.4, 0.5) is 4.39 Å². The smallest absolute Gasteiger partial charge is 0.141 e. The van der Waals surface area contributed by atoms with E-state index in [-0.39, 0.29) is 11.4 Å². The van der Waals surface area contributed by atoms with Gasteiger partial charge in [-0.25, -0.2) is 4.39 Å². The first-order valence-electron chi connectivity index (χ1n) is 10.4. The molecule has 136 valence electrons. The lowest BCUT2D eigenvalue weighted by atomic mass is 9.63.